The zero-order chi connectivity index (χ0) is 44.3. The van der Waals surface area contributed by atoms with Gasteiger partial charge in [-0.2, -0.15) is 0 Å². The molecule has 62 heavy (non-hydrogen) atoms. The van der Waals surface area contributed by atoms with Crippen molar-refractivity contribution in [2.45, 2.75) is 110 Å². The van der Waals surface area contributed by atoms with Gasteiger partial charge in [0.05, 0.1) is 145 Å². The van der Waals surface area contributed by atoms with Crippen molar-refractivity contribution in [3.05, 3.63) is 29.8 Å². The number of rotatable bonds is 52. The molecule has 0 heterocycles. The molecule has 1 aromatic carbocycles. The third kappa shape index (κ3) is 44.6. The number of carbonyl (C=O) groups excluding carboxylic acids is 1. The Labute approximate surface area is 375 Å². The zero-order valence-corrected chi connectivity index (χ0v) is 39.1. The molecule has 0 N–H and O–H groups in total. The van der Waals surface area contributed by atoms with Crippen molar-refractivity contribution in [2.24, 2.45) is 0 Å². The summed E-state index contributed by atoms with van der Waals surface area (Å²) >= 11 is 0. The summed E-state index contributed by atoms with van der Waals surface area (Å²) in [6, 6.07) is 8.43. The number of aryl methyl sites for hydroxylation is 1. The second-order valence-electron chi connectivity index (χ2n) is 14.8. The first-order chi connectivity index (χ1) is 30.8. The highest BCUT2D eigenvalue weighted by molar-refractivity contribution is 5.69. The molecule has 0 radical (unpaired) electrons. The average Bonchev–Trinajstić information content (AvgIpc) is 3.28. The summed E-state index contributed by atoms with van der Waals surface area (Å²) in [7, 11) is 0. The van der Waals surface area contributed by atoms with Gasteiger partial charge in [0.15, 0.2) is 0 Å². The summed E-state index contributed by atoms with van der Waals surface area (Å²) in [5.74, 6) is 0.741. The molecule has 0 aliphatic heterocycles. The second kappa shape index (κ2) is 50.1. The van der Waals surface area contributed by atoms with Gasteiger partial charge in [0.1, 0.15) is 19.0 Å². The molecule has 0 unspecified atom stereocenters. The molecule has 0 aromatic heterocycles. The van der Waals surface area contributed by atoms with Crippen molar-refractivity contribution in [2.75, 3.05) is 159 Å². The molecule has 0 spiro atoms. The minimum absolute atomic E-state index is 0.141. The van der Waals surface area contributed by atoms with E-state index >= 15 is 0 Å². The van der Waals surface area contributed by atoms with E-state index < -0.39 is 0 Å². The van der Waals surface area contributed by atoms with Gasteiger partial charge in [0.25, 0.3) is 0 Å². The van der Waals surface area contributed by atoms with Crippen LogP contribution in [0.4, 0.5) is 0 Å². The average molecular weight is 889 g/mol. The van der Waals surface area contributed by atoms with Crippen molar-refractivity contribution in [3.63, 3.8) is 0 Å². The van der Waals surface area contributed by atoms with Crippen LogP contribution in [0.5, 0.6) is 5.75 Å². The van der Waals surface area contributed by atoms with Crippen LogP contribution in [0, 0.1) is 0 Å². The molecule has 0 aliphatic carbocycles. The van der Waals surface area contributed by atoms with E-state index in [-0.39, 0.29) is 12.6 Å². The Morgan fingerprint density at radius 1 is 0.339 bits per heavy atom. The summed E-state index contributed by atoms with van der Waals surface area (Å²) in [4.78, 5) is 11.7. The van der Waals surface area contributed by atoms with Crippen molar-refractivity contribution < 1.29 is 66.4 Å². The van der Waals surface area contributed by atoms with E-state index in [1.54, 1.807) is 0 Å². The fourth-order valence-electron chi connectivity index (χ4n) is 5.89. The normalized spacial score (nSPS) is 11.5. The van der Waals surface area contributed by atoms with E-state index in [9.17, 15) is 4.79 Å². The van der Waals surface area contributed by atoms with Gasteiger partial charge in [0.2, 0.25) is 0 Å². The van der Waals surface area contributed by atoms with Gasteiger partial charge in [0, 0.05) is 6.42 Å². The molecule has 1 rings (SSSR count). The molecular weight excluding hydrogens is 801 g/mol. The topological polar surface area (TPSA) is 137 Å². The molecule has 14 nitrogen and oxygen atoms in total. The Morgan fingerprint density at radius 2 is 0.629 bits per heavy atom. The molecule has 0 aliphatic rings. The summed E-state index contributed by atoms with van der Waals surface area (Å²) in [6.45, 7) is 16.1. The van der Waals surface area contributed by atoms with Crippen LogP contribution < -0.4 is 4.74 Å². The van der Waals surface area contributed by atoms with Crippen LogP contribution in [0.3, 0.4) is 0 Å². The maximum Gasteiger partial charge on any atom is 0.305 e. The van der Waals surface area contributed by atoms with Crippen molar-refractivity contribution >= 4 is 5.97 Å². The van der Waals surface area contributed by atoms with Crippen LogP contribution in [0.1, 0.15) is 109 Å². The maximum absolute atomic E-state index is 11.7. The highest BCUT2D eigenvalue weighted by atomic mass is 16.6. The lowest BCUT2D eigenvalue weighted by Gasteiger charge is -2.09. The molecule has 0 fully saturated rings. The van der Waals surface area contributed by atoms with Gasteiger partial charge in [-0.15, -0.1) is 0 Å². The first-order valence-corrected chi connectivity index (χ1v) is 24.0. The summed E-state index contributed by atoms with van der Waals surface area (Å²) in [5, 5.41) is 0. The second-order valence-corrected chi connectivity index (χ2v) is 14.8. The number of benzene rings is 1. The largest absolute Gasteiger partial charge is 0.491 e. The van der Waals surface area contributed by atoms with E-state index in [0.29, 0.717) is 158 Å². The van der Waals surface area contributed by atoms with Crippen LogP contribution in [0.15, 0.2) is 24.3 Å². The zero-order valence-electron chi connectivity index (χ0n) is 39.1. The standard InChI is InChI=1S/C48H88O14/c1-3-5-7-9-11-13-15-17-48(49)62-45-43-60-41-39-58-37-35-56-33-31-54-29-27-52-25-23-50-22-24-51-26-28-53-30-32-55-34-36-57-38-40-59-42-44-61-47-20-18-46(19-21-47)16-14-12-10-8-6-4-2/h18-21H,3-17,22-45H2,1-2H3. The molecule has 364 valence electrons. The van der Waals surface area contributed by atoms with Crippen LogP contribution in [0.2, 0.25) is 0 Å². The lowest BCUT2D eigenvalue weighted by atomic mass is 10.0. The summed E-state index contributed by atoms with van der Waals surface area (Å²) < 4.78 is 71.7. The Bertz CT molecular complexity index is 1020. The van der Waals surface area contributed by atoms with E-state index in [1.807, 2.05) is 12.1 Å². The number of hydrogen-bond acceptors (Lipinski definition) is 14. The quantitative estimate of drug-likeness (QED) is 0.0464. The smallest absolute Gasteiger partial charge is 0.305 e. The minimum atomic E-state index is -0.141. The predicted molar refractivity (Wildman–Crippen MR) is 242 cm³/mol. The number of ether oxygens (including phenoxy) is 13. The fourth-order valence-corrected chi connectivity index (χ4v) is 5.89. The van der Waals surface area contributed by atoms with E-state index in [0.717, 1.165) is 25.0 Å². The summed E-state index contributed by atoms with van der Waals surface area (Å²) in [6.07, 6.45) is 17.9. The van der Waals surface area contributed by atoms with E-state index in [1.165, 1.54) is 76.2 Å². The van der Waals surface area contributed by atoms with Crippen LogP contribution in [-0.2, 0) is 68.1 Å². The first-order valence-electron chi connectivity index (χ1n) is 24.0. The molecule has 0 amide bonds. The van der Waals surface area contributed by atoms with Crippen LogP contribution in [0.25, 0.3) is 0 Å². The maximum atomic E-state index is 11.7. The number of carbonyl (C=O) groups is 1. The summed E-state index contributed by atoms with van der Waals surface area (Å²) in [5.41, 5.74) is 1.38. The van der Waals surface area contributed by atoms with Gasteiger partial charge < -0.3 is 61.6 Å². The van der Waals surface area contributed by atoms with Crippen molar-refractivity contribution in [3.8, 4) is 5.75 Å². The third-order valence-electron chi connectivity index (χ3n) is 9.43. The lowest BCUT2D eigenvalue weighted by molar-refractivity contribution is -0.145. The van der Waals surface area contributed by atoms with Crippen molar-refractivity contribution in [1.82, 2.24) is 0 Å². The number of unbranched alkanes of at least 4 members (excludes halogenated alkanes) is 11. The van der Waals surface area contributed by atoms with Gasteiger partial charge in [-0.25, -0.2) is 0 Å². The highest BCUT2D eigenvalue weighted by Crippen LogP contribution is 2.15. The number of esters is 1. The highest BCUT2D eigenvalue weighted by Gasteiger charge is 2.03. The first kappa shape index (κ1) is 58.1. The van der Waals surface area contributed by atoms with Crippen LogP contribution in [-0.4, -0.2) is 165 Å². The van der Waals surface area contributed by atoms with Gasteiger partial charge >= 0.3 is 5.97 Å². The van der Waals surface area contributed by atoms with Gasteiger partial charge in [-0.3, -0.25) is 4.79 Å². The van der Waals surface area contributed by atoms with Crippen molar-refractivity contribution in [1.29, 1.82) is 0 Å². The lowest BCUT2D eigenvalue weighted by Crippen LogP contribution is -2.16. The van der Waals surface area contributed by atoms with Gasteiger partial charge in [-0.05, 0) is 37.0 Å². The Morgan fingerprint density at radius 3 is 0.984 bits per heavy atom. The molecule has 1 aromatic rings. The minimum Gasteiger partial charge on any atom is -0.491 e. The van der Waals surface area contributed by atoms with E-state index in [2.05, 4.69) is 26.0 Å². The molecule has 14 heteroatoms. The Balaban J connectivity index is 1.66. The Hall–Kier alpha value is -1.95. The molecule has 0 bridgehead atoms. The van der Waals surface area contributed by atoms with E-state index in [4.69, 9.17) is 61.6 Å². The molecular formula is C48H88O14. The third-order valence-corrected chi connectivity index (χ3v) is 9.43. The molecule has 0 saturated carbocycles. The fraction of sp³-hybridized carbons (Fsp3) is 0.854. The monoisotopic (exact) mass is 889 g/mol. The van der Waals surface area contributed by atoms with Crippen LogP contribution >= 0.6 is 0 Å². The predicted octanol–water partition coefficient (Wildman–Crippen LogP) is 7.83. The SMILES string of the molecule is CCCCCCCCCC(=O)OCCOCCOCCOCCOCCOCCOCCOCCOCCOCCOCCOCCOc1ccc(CCCCCCCC)cc1. The Kier molecular flexibility index (Phi) is 46.9. The molecule has 0 atom stereocenters. The molecule has 0 saturated heterocycles. The number of hydrogen-bond donors (Lipinski definition) is 0. The van der Waals surface area contributed by atoms with Gasteiger partial charge in [-0.1, -0.05) is 96.6 Å².